The van der Waals surface area contributed by atoms with Crippen LogP contribution in [0.3, 0.4) is 0 Å². The van der Waals surface area contributed by atoms with Crippen LogP contribution in [-0.2, 0) is 10.0 Å². The molecule has 1 fully saturated rings. The van der Waals surface area contributed by atoms with Crippen molar-refractivity contribution in [3.8, 4) is 5.88 Å². The van der Waals surface area contributed by atoms with Gasteiger partial charge in [-0.1, -0.05) is 25.1 Å². The van der Waals surface area contributed by atoms with E-state index in [4.69, 9.17) is 0 Å². The van der Waals surface area contributed by atoms with E-state index in [1.165, 1.54) is 16.4 Å². The number of azo groups is 1. The highest BCUT2D eigenvalue weighted by atomic mass is 32.2. The smallest absolute Gasteiger partial charge is 0.270 e. The van der Waals surface area contributed by atoms with E-state index in [9.17, 15) is 23.6 Å². The summed E-state index contributed by atoms with van der Waals surface area (Å²) in [4.78, 5) is 13.2. The monoisotopic (exact) mass is 457 g/mol. The molecule has 1 saturated heterocycles. The Kier molecular flexibility index (Phi) is 5.70. The van der Waals surface area contributed by atoms with Crippen molar-refractivity contribution in [2.75, 3.05) is 6.54 Å². The first kappa shape index (κ1) is 21.9. The number of hydrogen-bond acceptors (Lipinski definition) is 7. The van der Waals surface area contributed by atoms with Gasteiger partial charge in [0, 0.05) is 30.1 Å². The highest BCUT2D eigenvalue weighted by molar-refractivity contribution is 7.89. The SMILES string of the molecule is C[C@H]1CCCN(S(=O)(=O)c2cc([N+](=O)[O-])ccc2N=Nc2c(O)[nH]c3ccccc23)[C@H]1C. The van der Waals surface area contributed by atoms with Crippen molar-refractivity contribution in [1.29, 1.82) is 0 Å². The average molecular weight is 458 g/mol. The molecule has 2 aromatic carbocycles. The van der Waals surface area contributed by atoms with Crippen molar-refractivity contribution in [3.05, 3.63) is 52.6 Å². The largest absolute Gasteiger partial charge is 0.493 e. The van der Waals surface area contributed by atoms with Gasteiger partial charge in [-0.2, -0.15) is 4.31 Å². The van der Waals surface area contributed by atoms with E-state index in [1.807, 2.05) is 13.8 Å². The van der Waals surface area contributed by atoms with Crippen molar-refractivity contribution in [2.24, 2.45) is 16.1 Å². The van der Waals surface area contributed by atoms with Crippen LogP contribution in [0.2, 0.25) is 0 Å². The van der Waals surface area contributed by atoms with Crippen molar-refractivity contribution in [2.45, 2.75) is 37.6 Å². The maximum absolute atomic E-state index is 13.5. The first-order valence-corrected chi connectivity index (χ1v) is 11.7. The second-order valence-electron chi connectivity index (χ2n) is 7.95. The fraction of sp³-hybridized carbons (Fsp3) is 0.333. The molecule has 168 valence electrons. The van der Waals surface area contributed by atoms with Gasteiger partial charge in [0.25, 0.3) is 5.69 Å². The summed E-state index contributed by atoms with van der Waals surface area (Å²) in [7, 11) is -4.07. The third-order valence-electron chi connectivity index (χ3n) is 5.97. The number of aromatic amines is 1. The molecule has 0 bridgehead atoms. The number of nitro groups is 1. The summed E-state index contributed by atoms with van der Waals surface area (Å²) in [5.74, 6) is -0.0507. The average Bonchev–Trinajstić information content (AvgIpc) is 3.08. The summed E-state index contributed by atoms with van der Waals surface area (Å²) < 4.78 is 28.4. The fourth-order valence-corrected chi connectivity index (χ4v) is 5.90. The second kappa shape index (κ2) is 8.32. The van der Waals surface area contributed by atoms with E-state index in [0.717, 1.165) is 12.5 Å². The van der Waals surface area contributed by atoms with Crippen molar-refractivity contribution in [1.82, 2.24) is 9.29 Å². The van der Waals surface area contributed by atoms with E-state index < -0.39 is 14.9 Å². The number of aromatic nitrogens is 1. The van der Waals surface area contributed by atoms with Gasteiger partial charge in [-0.25, -0.2) is 8.42 Å². The minimum Gasteiger partial charge on any atom is -0.493 e. The highest BCUT2D eigenvalue weighted by Gasteiger charge is 2.36. The summed E-state index contributed by atoms with van der Waals surface area (Å²) in [6, 6.07) is 10.3. The Morgan fingerprint density at radius 1 is 1.19 bits per heavy atom. The van der Waals surface area contributed by atoms with Crippen LogP contribution >= 0.6 is 0 Å². The van der Waals surface area contributed by atoms with Gasteiger partial charge in [0.05, 0.1) is 10.4 Å². The predicted molar refractivity (Wildman–Crippen MR) is 119 cm³/mol. The fourth-order valence-electron chi connectivity index (χ4n) is 3.99. The van der Waals surface area contributed by atoms with Gasteiger partial charge in [0.15, 0.2) is 5.69 Å². The summed E-state index contributed by atoms with van der Waals surface area (Å²) in [5.41, 5.74) is 0.412. The molecule has 0 amide bonds. The maximum Gasteiger partial charge on any atom is 0.270 e. The van der Waals surface area contributed by atoms with Crippen LogP contribution in [0.4, 0.5) is 17.1 Å². The molecule has 1 aliphatic heterocycles. The minimum atomic E-state index is -4.07. The van der Waals surface area contributed by atoms with Gasteiger partial charge < -0.3 is 10.1 Å². The van der Waals surface area contributed by atoms with Gasteiger partial charge in [-0.15, -0.1) is 10.2 Å². The van der Waals surface area contributed by atoms with Crippen molar-refractivity contribution >= 4 is 38.0 Å². The molecular formula is C21H23N5O5S. The van der Waals surface area contributed by atoms with Gasteiger partial charge in [-0.3, -0.25) is 10.1 Å². The lowest BCUT2D eigenvalue weighted by Gasteiger charge is -2.36. The Hall–Kier alpha value is -3.31. The van der Waals surface area contributed by atoms with Gasteiger partial charge in [0.1, 0.15) is 10.6 Å². The van der Waals surface area contributed by atoms with Crippen LogP contribution in [0.25, 0.3) is 10.9 Å². The molecule has 0 aliphatic carbocycles. The molecule has 0 radical (unpaired) electrons. The Bertz CT molecular complexity index is 1320. The number of fused-ring (bicyclic) bond motifs is 1. The van der Waals surface area contributed by atoms with E-state index in [1.54, 1.807) is 24.3 Å². The Labute approximate surface area is 184 Å². The topological polar surface area (TPSA) is 141 Å². The Balaban J connectivity index is 1.82. The van der Waals surface area contributed by atoms with Crippen LogP contribution in [-0.4, -0.2) is 40.3 Å². The molecular weight excluding hydrogens is 434 g/mol. The molecule has 0 spiro atoms. The number of aromatic hydroxyl groups is 1. The van der Waals surface area contributed by atoms with E-state index >= 15 is 0 Å². The molecule has 2 atom stereocenters. The van der Waals surface area contributed by atoms with E-state index in [2.05, 4.69) is 15.2 Å². The third-order valence-corrected chi connectivity index (χ3v) is 7.99. The molecule has 32 heavy (non-hydrogen) atoms. The molecule has 10 nitrogen and oxygen atoms in total. The Morgan fingerprint density at radius 2 is 1.94 bits per heavy atom. The second-order valence-corrected chi connectivity index (χ2v) is 9.81. The van der Waals surface area contributed by atoms with Crippen LogP contribution in [0.1, 0.15) is 26.7 Å². The lowest BCUT2D eigenvalue weighted by molar-refractivity contribution is -0.385. The van der Waals surface area contributed by atoms with E-state index in [0.29, 0.717) is 23.9 Å². The van der Waals surface area contributed by atoms with Gasteiger partial charge in [0.2, 0.25) is 15.9 Å². The molecule has 2 N–H and O–H groups in total. The number of para-hydroxylation sites is 1. The zero-order chi connectivity index (χ0) is 23.0. The van der Waals surface area contributed by atoms with Crippen LogP contribution in [0.5, 0.6) is 5.88 Å². The number of H-pyrrole nitrogens is 1. The molecule has 2 heterocycles. The molecule has 11 heteroatoms. The van der Waals surface area contributed by atoms with Crippen LogP contribution < -0.4 is 0 Å². The molecule has 0 unspecified atom stereocenters. The lowest BCUT2D eigenvalue weighted by atomic mass is 9.94. The predicted octanol–water partition coefficient (Wildman–Crippen LogP) is 5.01. The normalized spacial score (nSPS) is 20.2. The first-order valence-electron chi connectivity index (χ1n) is 10.2. The van der Waals surface area contributed by atoms with Gasteiger partial charge >= 0.3 is 0 Å². The quantitative estimate of drug-likeness (QED) is 0.315. The molecule has 3 aromatic rings. The third kappa shape index (κ3) is 3.84. The van der Waals surface area contributed by atoms with Gasteiger partial charge in [-0.05, 0) is 37.8 Å². The molecule has 1 aromatic heterocycles. The standard InChI is InChI=1S/C21H23N5O5S/c1-13-6-5-11-25(14(13)2)32(30,31)19-12-15(26(28)29)9-10-18(19)23-24-20-16-7-3-4-8-17(16)22-21(20)27/h3-4,7-10,12-14,22,27H,5-6,11H2,1-2H3/t13-,14-/m0/s1. The number of hydrogen-bond donors (Lipinski definition) is 2. The number of nitrogens with zero attached hydrogens (tertiary/aromatic N) is 4. The first-order chi connectivity index (χ1) is 15.2. The molecule has 4 rings (SSSR count). The molecule has 1 aliphatic rings. The zero-order valence-electron chi connectivity index (χ0n) is 17.6. The number of non-ortho nitro benzene ring substituents is 1. The van der Waals surface area contributed by atoms with Crippen LogP contribution in [0.15, 0.2) is 57.6 Å². The summed E-state index contributed by atoms with van der Waals surface area (Å²) in [6.45, 7) is 4.15. The number of nitrogens with one attached hydrogen (secondary N) is 1. The lowest BCUT2D eigenvalue weighted by Crippen LogP contribution is -2.45. The van der Waals surface area contributed by atoms with Crippen molar-refractivity contribution < 1.29 is 18.4 Å². The summed E-state index contributed by atoms with van der Waals surface area (Å²) in [6.07, 6.45) is 1.62. The Morgan fingerprint density at radius 3 is 2.69 bits per heavy atom. The molecule has 0 saturated carbocycles. The number of rotatable bonds is 5. The number of benzene rings is 2. The zero-order valence-corrected chi connectivity index (χ0v) is 18.4. The minimum absolute atomic E-state index is 0.0364. The van der Waals surface area contributed by atoms with E-state index in [-0.39, 0.29) is 39.8 Å². The maximum atomic E-state index is 13.5. The summed E-state index contributed by atoms with van der Waals surface area (Å²) >= 11 is 0. The number of sulfonamides is 1. The number of piperidine rings is 1. The number of nitro benzene ring substituents is 1. The van der Waals surface area contributed by atoms with Crippen LogP contribution in [0, 0.1) is 16.0 Å². The van der Waals surface area contributed by atoms with Crippen molar-refractivity contribution in [3.63, 3.8) is 0 Å². The highest BCUT2D eigenvalue weighted by Crippen LogP contribution is 2.39. The summed E-state index contributed by atoms with van der Waals surface area (Å²) in [5, 5.41) is 30.3.